The van der Waals surface area contributed by atoms with Crippen LogP contribution in [-0.4, -0.2) is 49.3 Å². The Hall–Kier alpha value is -1.13. The summed E-state index contributed by atoms with van der Waals surface area (Å²) in [5.74, 6) is -0.194. The molecule has 1 fully saturated rings. The predicted molar refractivity (Wildman–Crippen MR) is 66.7 cm³/mol. The number of halogens is 1. The molecule has 1 N–H and O–H groups in total. The van der Waals surface area contributed by atoms with Gasteiger partial charge < -0.3 is 10.0 Å². The van der Waals surface area contributed by atoms with Crippen molar-refractivity contribution in [3.8, 4) is 0 Å². The first-order valence-corrected chi connectivity index (χ1v) is 6.02. The number of hydrogen-bond donors (Lipinski definition) is 1. The molecule has 1 aliphatic rings. The molecule has 0 aromatic heterocycles. The van der Waals surface area contributed by atoms with Gasteiger partial charge in [0.1, 0.15) is 5.82 Å². The van der Waals surface area contributed by atoms with Gasteiger partial charge in [-0.15, -0.1) is 0 Å². The zero-order valence-electron chi connectivity index (χ0n) is 10.1. The molecule has 2 rings (SSSR count). The number of aliphatic hydroxyl groups excluding tert-OH is 1. The van der Waals surface area contributed by atoms with E-state index >= 15 is 0 Å². The lowest BCUT2D eigenvalue weighted by atomic mass is 10.1. The smallest absolute Gasteiger partial charge is 0.125 e. The van der Waals surface area contributed by atoms with Crippen molar-refractivity contribution in [3.63, 3.8) is 0 Å². The fourth-order valence-corrected chi connectivity index (χ4v) is 2.31. The number of hydrogen-bond acceptors (Lipinski definition) is 3. The van der Waals surface area contributed by atoms with Crippen molar-refractivity contribution in [1.82, 2.24) is 4.90 Å². The van der Waals surface area contributed by atoms with Crippen LogP contribution in [0.5, 0.6) is 0 Å². The molecule has 0 radical (unpaired) electrons. The van der Waals surface area contributed by atoms with Gasteiger partial charge in [0.15, 0.2) is 0 Å². The van der Waals surface area contributed by atoms with Crippen LogP contribution < -0.4 is 4.90 Å². The Morgan fingerprint density at radius 3 is 2.94 bits per heavy atom. The molecule has 1 aliphatic heterocycles. The third-order valence-corrected chi connectivity index (χ3v) is 3.41. The van der Waals surface area contributed by atoms with Crippen LogP contribution in [0.4, 0.5) is 10.1 Å². The molecule has 17 heavy (non-hydrogen) atoms. The van der Waals surface area contributed by atoms with Crippen molar-refractivity contribution in [2.24, 2.45) is 0 Å². The summed E-state index contributed by atoms with van der Waals surface area (Å²) >= 11 is 0. The summed E-state index contributed by atoms with van der Waals surface area (Å²) in [7, 11) is 2.07. The second kappa shape index (κ2) is 5.47. The van der Waals surface area contributed by atoms with Gasteiger partial charge in [-0.1, -0.05) is 6.07 Å². The summed E-state index contributed by atoms with van der Waals surface area (Å²) < 4.78 is 13.2. The predicted octanol–water partition coefficient (Wildman–Crippen LogP) is 1.33. The maximum atomic E-state index is 13.2. The van der Waals surface area contributed by atoms with E-state index in [0.717, 1.165) is 31.7 Å². The van der Waals surface area contributed by atoms with Gasteiger partial charge in [0.25, 0.3) is 0 Å². The van der Waals surface area contributed by atoms with Crippen LogP contribution >= 0.6 is 0 Å². The van der Waals surface area contributed by atoms with Crippen LogP contribution in [0.3, 0.4) is 0 Å². The molecule has 1 heterocycles. The van der Waals surface area contributed by atoms with E-state index in [-0.39, 0.29) is 12.4 Å². The maximum Gasteiger partial charge on any atom is 0.125 e. The Labute approximate surface area is 101 Å². The number of nitrogens with zero attached hydrogens (tertiary/aromatic N) is 2. The van der Waals surface area contributed by atoms with Crippen LogP contribution in [0.15, 0.2) is 24.3 Å². The quantitative estimate of drug-likeness (QED) is 0.860. The van der Waals surface area contributed by atoms with Crippen LogP contribution in [0.2, 0.25) is 0 Å². The molecule has 1 aromatic rings. The van der Waals surface area contributed by atoms with E-state index in [9.17, 15) is 4.39 Å². The molecule has 0 bridgehead atoms. The average Bonchev–Trinajstić information content (AvgIpc) is 2.32. The van der Waals surface area contributed by atoms with Crippen LogP contribution in [0.1, 0.15) is 6.42 Å². The van der Waals surface area contributed by atoms with Crippen molar-refractivity contribution in [3.05, 3.63) is 30.1 Å². The zero-order valence-corrected chi connectivity index (χ0v) is 10.1. The third kappa shape index (κ3) is 2.96. The van der Waals surface area contributed by atoms with E-state index in [1.807, 2.05) is 6.07 Å². The van der Waals surface area contributed by atoms with Crippen LogP contribution in [0.25, 0.3) is 0 Å². The minimum atomic E-state index is -0.194. The lowest BCUT2D eigenvalue weighted by Crippen LogP contribution is -2.51. The Kier molecular flexibility index (Phi) is 3.97. The van der Waals surface area contributed by atoms with E-state index in [1.165, 1.54) is 6.07 Å². The number of piperazine rings is 1. The van der Waals surface area contributed by atoms with Gasteiger partial charge in [-0.3, -0.25) is 4.90 Å². The molecule has 0 saturated carbocycles. The molecular formula is C13H19FN2O. The Morgan fingerprint density at radius 2 is 2.24 bits per heavy atom. The largest absolute Gasteiger partial charge is 0.396 e. The van der Waals surface area contributed by atoms with Gasteiger partial charge >= 0.3 is 0 Å². The summed E-state index contributed by atoms with van der Waals surface area (Å²) in [6.07, 6.45) is 0.766. The van der Waals surface area contributed by atoms with Crippen molar-refractivity contribution in [2.45, 2.75) is 12.5 Å². The van der Waals surface area contributed by atoms with Gasteiger partial charge in [-0.25, -0.2) is 4.39 Å². The normalized spacial score (nSPS) is 21.8. The van der Waals surface area contributed by atoms with E-state index in [4.69, 9.17) is 5.11 Å². The van der Waals surface area contributed by atoms with Gasteiger partial charge in [0.2, 0.25) is 0 Å². The highest BCUT2D eigenvalue weighted by Crippen LogP contribution is 2.20. The van der Waals surface area contributed by atoms with Crippen molar-refractivity contribution in [2.75, 3.05) is 38.2 Å². The minimum absolute atomic E-state index is 0.194. The van der Waals surface area contributed by atoms with Gasteiger partial charge in [0, 0.05) is 38.0 Å². The number of rotatable bonds is 3. The number of benzene rings is 1. The van der Waals surface area contributed by atoms with Crippen LogP contribution in [0, 0.1) is 5.82 Å². The standard InChI is InChI=1S/C13H19FN2O/c1-15-6-7-16(10-13(15)5-8-17)12-4-2-3-11(14)9-12/h2-4,9,13,17H,5-8,10H2,1H3. The zero-order chi connectivity index (χ0) is 12.3. The van der Waals surface area contributed by atoms with Crippen molar-refractivity contribution in [1.29, 1.82) is 0 Å². The van der Waals surface area contributed by atoms with Crippen molar-refractivity contribution >= 4 is 5.69 Å². The maximum absolute atomic E-state index is 13.2. The number of aliphatic hydroxyl groups is 1. The monoisotopic (exact) mass is 238 g/mol. The molecule has 1 unspecified atom stereocenters. The highest BCUT2D eigenvalue weighted by atomic mass is 19.1. The van der Waals surface area contributed by atoms with Crippen molar-refractivity contribution < 1.29 is 9.50 Å². The molecule has 0 aliphatic carbocycles. The van der Waals surface area contributed by atoms with Crippen LogP contribution in [-0.2, 0) is 0 Å². The summed E-state index contributed by atoms with van der Waals surface area (Å²) in [4.78, 5) is 4.44. The Bertz CT molecular complexity index is 372. The average molecular weight is 238 g/mol. The first-order valence-electron chi connectivity index (χ1n) is 6.02. The summed E-state index contributed by atoms with van der Waals surface area (Å²) in [5.41, 5.74) is 0.932. The third-order valence-electron chi connectivity index (χ3n) is 3.41. The summed E-state index contributed by atoms with van der Waals surface area (Å²) in [5, 5.41) is 9.03. The molecule has 1 aromatic carbocycles. The van der Waals surface area contributed by atoms with Gasteiger partial charge in [-0.2, -0.15) is 0 Å². The fourth-order valence-electron chi connectivity index (χ4n) is 2.31. The number of likely N-dealkylation sites (N-methyl/N-ethyl adjacent to an activating group) is 1. The first-order chi connectivity index (χ1) is 8.20. The molecule has 0 spiro atoms. The molecule has 94 valence electrons. The molecule has 3 nitrogen and oxygen atoms in total. The highest BCUT2D eigenvalue weighted by molar-refractivity contribution is 5.47. The first kappa shape index (κ1) is 12.3. The topological polar surface area (TPSA) is 26.7 Å². The Balaban J connectivity index is 2.07. The molecule has 1 saturated heterocycles. The lowest BCUT2D eigenvalue weighted by molar-refractivity contribution is 0.171. The molecule has 0 amide bonds. The fraction of sp³-hybridized carbons (Fsp3) is 0.538. The van der Waals surface area contributed by atoms with E-state index in [1.54, 1.807) is 12.1 Å². The van der Waals surface area contributed by atoms with E-state index in [0.29, 0.717) is 6.04 Å². The lowest BCUT2D eigenvalue weighted by Gasteiger charge is -2.40. The molecular weight excluding hydrogens is 219 g/mol. The molecule has 1 atom stereocenters. The second-order valence-electron chi connectivity index (χ2n) is 4.57. The van der Waals surface area contributed by atoms with Gasteiger partial charge in [-0.05, 0) is 31.7 Å². The Morgan fingerprint density at radius 1 is 1.41 bits per heavy atom. The van der Waals surface area contributed by atoms with E-state index in [2.05, 4.69) is 16.8 Å². The van der Waals surface area contributed by atoms with E-state index < -0.39 is 0 Å². The summed E-state index contributed by atoms with van der Waals surface area (Å²) in [6.45, 7) is 2.90. The minimum Gasteiger partial charge on any atom is -0.396 e. The van der Waals surface area contributed by atoms with Gasteiger partial charge in [0.05, 0.1) is 0 Å². The number of anilines is 1. The highest BCUT2D eigenvalue weighted by Gasteiger charge is 2.23. The second-order valence-corrected chi connectivity index (χ2v) is 4.57. The molecule has 4 heteroatoms. The SMILES string of the molecule is CN1CCN(c2cccc(F)c2)CC1CCO. The summed E-state index contributed by atoms with van der Waals surface area (Å²) in [6, 6.07) is 7.05.